The molecule has 0 atom stereocenters. The standard InChI is InChI=1S/C19H22ClN3O7S/c1-10(2)8-23-16(21)15(17(25)22(3)19(23)27)14(24)9-30-18(26)12-7-11(31(4,28)29)5-6-13(12)20/h5-7,10H,8-9,21H2,1-4H3. The molecular formula is C19H22ClN3O7S. The number of Topliss-reactive ketones (excluding diaryl/α,β-unsaturated/α-hetero) is 1. The van der Waals surface area contributed by atoms with Crippen molar-refractivity contribution in [2.75, 3.05) is 18.6 Å². The molecule has 0 amide bonds. The Morgan fingerprint density at radius 2 is 1.84 bits per heavy atom. The van der Waals surface area contributed by atoms with E-state index >= 15 is 0 Å². The second-order valence-electron chi connectivity index (χ2n) is 7.32. The molecule has 0 aliphatic heterocycles. The number of sulfone groups is 1. The zero-order chi connectivity index (χ0) is 23.7. The maximum atomic E-state index is 12.6. The molecule has 1 heterocycles. The highest BCUT2D eigenvalue weighted by atomic mass is 35.5. The number of benzene rings is 1. The Morgan fingerprint density at radius 1 is 1.23 bits per heavy atom. The van der Waals surface area contributed by atoms with Gasteiger partial charge < -0.3 is 10.5 Å². The minimum atomic E-state index is -3.61. The van der Waals surface area contributed by atoms with Crippen LogP contribution in [0.25, 0.3) is 0 Å². The number of halogens is 1. The van der Waals surface area contributed by atoms with Gasteiger partial charge >= 0.3 is 11.7 Å². The van der Waals surface area contributed by atoms with Gasteiger partial charge in [0.15, 0.2) is 16.4 Å². The van der Waals surface area contributed by atoms with Gasteiger partial charge in [-0.1, -0.05) is 25.4 Å². The lowest BCUT2D eigenvalue weighted by molar-refractivity contribution is 0.0474. The van der Waals surface area contributed by atoms with E-state index in [0.717, 1.165) is 21.5 Å². The van der Waals surface area contributed by atoms with Crippen molar-refractivity contribution in [1.82, 2.24) is 9.13 Å². The number of carbonyl (C=O) groups excluding carboxylic acids is 2. The van der Waals surface area contributed by atoms with Crippen LogP contribution in [0, 0.1) is 5.92 Å². The van der Waals surface area contributed by atoms with Crippen molar-refractivity contribution >= 4 is 39.0 Å². The number of esters is 1. The van der Waals surface area contributed by atoms with Crippen LogP contribution in [-0.2, 0) is 28.2 Å². The van der Waals surface area contributed by atoms with Crippen molar-refractivity contribution in [3.8, 4) is 0 Å². The highest BCUT2D eigenvalue weighted by Crippen LogP contribution is 2.21. The molecule has 0 saturated heterocycles. The summed E-state index contributed by atoms with van der Waals surface area (Å²) < 4.78 is 30.2. The van der Waals surface area contributed by atoms with Gasteiger partial charge in [-0.25, -0.2) is 18.0 Å². The summed E-state index contributed by atoms with van der Waals surface area (Å²) in [7, 11) is -2.40. The number of ketones is 1. The average Bonchev–Trinajstić information content (AvgIpc) is 2.67. The highest BCUT2D eigenvalue weighted by molar-refractivity contribution is 7.90. The molecule has 0 bridgehead atoms. The van der Waals surface area contributed by atoms with Gasteiger partial charge in [0.25, 0.3) is 5.56 Å². The van der Waals surface area contributed by atoms with Gasteiger partial charge in [-0.2, -0.15) is 0 Å². The van der Waals surface area contributed by atoms with Crippen LogP contribution in [0.2, 0.25) is 5.02 Å². The molecule has 1 aromatic heterocycles. The van der Waals surface area contributed by atoms with Crippen LogP contribution in [0.4, 0.5) is 5.82 Å². The number of carbonyl (C=O) groups is 2. The Hall–Kier alpha value is -2.92. The third-order valence-corrected chi connectivity index (χ3v) is 5.77. The average molecular weight is 472 g/mol. The summed E-state index contributed by atoms with van der Waals surface area (Å²) in [5, 5.41) is -0.0780. The molecule has 10 nitrogen and oxygen atoms in total. The fraction of sp³-hybridized carbons (Fsp3) is 0.368. The topological polar surface area (TPSA) is 148 Å². The predicted octanol–water partition coefficient (Wildman–Crippen LogP) is 0.882. The minimum absolute atomic E-state index is 0.00236. The van der Waals surface area contributed by atoms with E-state index in [1.165, 1.54) is 19.2 Å². The number of nitrogen functional groups attached to an aromatic ring is 1. The van der Waals surface area contributed by atoms with Crippen LogP contribution in [0.1, 0.15) is 34.6 Å². The Labute approximate surface area is 183 Å². The number of ether oxygens (including phenoxy) is 1. The molecule has 1 aromatic carbocycles. The molecule has 0 saturated carbocycles. The number of hydrogen-bond donors (Lipinski definition) is 1. The normalized spacial score (nSPS) is 11.5. The molecule has 0 radical (unpaired) electrons. The summed E-state index contributed by atoms with van der Waals surface area (Å²) in [5.74, 6) is -2.29. The van der Waals surface area contributed by atoms with Crippen LogP contribution in [0.3, 0.4) is 0 Å². The Morgan fingerprint density at radius 3 is 2.39 bits per heavy atom. The van der Waals surface area contributed by atoms with Gasteiger partial charge in [0.05, 0.1) is 15.5 Å². The van der Waals surface area contributed by atoms with Crippen LogP contribution in [0.5, 0.6) is 0 Å². The summed E-state index contributed by atoms with van der Waals surface area (Å²) in [6.45, 7) is 2.97. The van der Waals surface area contributed by atoms with E-state index in [0.29, 0.717) is 0 Å². The van der Waals surface area contributed by atoms with Gasteiger partial charge in [-0.05, 0) is 24.1 Å². The van der Waals surface area contributed by atoms with E-state index in [1.54, 1.807) is 0 Å². The molecule has 168 valence electrons. The van der Waals surface area contributed by atoms with Gasteiger partial charge in [0.1, 0.15) is 11.4 Å². The van der Waals surface area contributed by atoms with Gasteiger partial charge in [-0.3, -0.25) is 18.7 Å². The summed E-state index contributed by atoms with van der Waals surface area (Å²) >= 11 is 5.94. The van der Waals surface area contributed by atoms with E-state index in [1.807, 2.05) is 13.8 Å². The molecule has 0 fully saturated rings. The van der Waals surface area contributed by atoms with E-state index in [2.05, 4.69) is 0 Å². The first-order valence-corrected chi connectivity index (χ1v) is 11.3. The quantitative estimate of drug-likeness (QED) is 0.462. The lowest BCUT2D eigenvalue weighted by Gasteiger charge is -2.16. The van der Waals surface area contributed by atoms with E-state index in [9.17, 15) is 27.6 Å². The first-order valence-electron chi connectivity index (χ1n) is 9.05. The van der Waals surface area contributed by atoms with Crippen LogP contribution >= 0.6 is 11.6 Å². The summed E-state index contributed by atoms with van der Waals surface area (Å²) in [6.07, 6.45) is 0.958. The van der Waals surface area contributed by atoms with Gasteiger partial charge in [0, 0.05) is 19.8 Å². The minimum Gasteiger partial charge on any atom is -0.454 e. The molecule has 0 aliphatic carbocycles. The SMILES string of the molecule is CC(C)Cn1c(N)c(C(=O)COC(=O)c2cc(S(C)(=O)=O)ccc2Cl)c(=O)n(C)c1=O. The summed E-state index contributed by atoms with van der Waals surface area (Å²) in [6, 6.07) is 3.47. The maximum absolute atomic E-state index is 12.6. The number of nitrogens with two attached hydrogens (primary N) is 1. The van der Waals surface area contributed by atoms with Crippen LogP contribution in [0.15, 0.2) is 32.7 Å². The largest absolute Gasteiger partial charge is 0.454 e. The molecule has 0 aliphatic rings. The zero-order valence-corrected chi connectivity index (χ0v) is 18.9. The molecule has 31 heavy (non-hydrogen) atoms. The van der Waals surface area contributed by atoms with Crippen LogP contribution in [-0.4, -0.2) is 42.2 Å². The number of anilines is 1. The number of rotatable bonds is 7. The second-order valence-corrected chi connectivity index (χ2v) is 9.75. The fourth-order valence-electron chi connectivity index (χ4n) is 2.76. The highest BCUT2D eigenvalue weighted by Gasteiger charge is 2.24. The molecule has 2 aromatic rings. The monoisotopic (exact) mass is 471 g/mol. The molecule has 12 heteroatoms. The van der Waals surface area contributed by atoms with Crippen molar-refractivity contribution < 1.29 is 22.7 Å². The Kier molecular flexibility index (Phi) is 7.12. The molecule has 0 unspecified atom stereocenters. The predicted molar refractivity (Wildman–Crippen MR) is 114 cm³/mol. The number of hydrogen-bond acceptors (Lipinski definition) is 8. The molecular weight excluding hydrogens is 450 g/mol. The third kappa shape index (κ3) is 5.23. The van der Waals surface area contributed by atoms with Gasteiger partial charge in [-0.15, -0.1) is 0 Å². The summed E-state index contributed by atoms with van der Waals surface area (Å²) in [4.78, 5) is 49.6. The third-order valence-electron chi connectivity index (χ3n) is 4.33. The van der Waals surface area contributed by atoms with Crippen molar-refractivity contribution in [2.24, 2.45) is 13.0 Å². The number of aromatic nitrogens is 2. The van der Waals surface area contributed by atoms with Crippen LogP contribution < -0.4 is 17.0 Å². The summed E-state index contributed by atoms with van der Waals surface area (Å²) in [5.41, 5.74) is 3.58. The van der Waals surface area contributed by atoms with E-state index in [4.69, 9.17) is 22.1 Å². The fourth-order valence-corrected chi connectivity index (χ4v) is 3.60. The zero-order valence-electron chi connectivity index (χ0n) is 17.3. The van der Waals surface area contributed by atoms with E-state index < -0.39 is 45.0 Å². The maximum Gasteiger partial charge on any atom is 0.340 e. The van der Waals surface area contributed by atoms with Crippen molar-refractivity contribution in [2.45, 2.75) is 25.3 Å². The van der Waals surface area contributed by atoms with Crippen molar-refractivity contribution in [3.63, 3.8) is 0 Å². The second kappa shape index (κ2) is 9.06. The van der Waals surface area contributed by atoms with Crippen molar-refractivity contribution in [3.05, 3.63) is 55.2 Å². The lowest BCUT2D eigenvalue weighted by atomic mass is 10.1. The number of nitrogens with zero attached hydrogens (tertiary/aromatic N) is 2. The van der Waals surface area contributed by atoms with Crippen molar-refractivity contribution in [1.29, 1.82) is 0 Å². The van der Waals surface area contributed by atoms with Gasteiger partial charge in [0.2, 0.25) is 5.78 Å². The van der Waals surface area contributed by atoms with E-state index in [-0.39, 0.29) is 33.8 Å². The molecule has 2 rings (SSSR count). The molecule has 0 spiro atoms. The smallest absolute Gasteiger partial charge is 0.340 e. The lowest BCUT2D eigenvalue weighted by Crippen LogP contribution is -2.43. The first kappa shape index (κ1) is 24.4. The Balaban J connectivity index is 2.36. The first-order chi connectivity index (χ1) is 14.3. The Bertz CT molecular complexity index is 1280. The molecule has 2 N–H and O–H groups in total.